The number of nitrogens with zero attached hydrogens (tertiary/aromatic N) is 3. The third-order valence-electron chi connectivity index (χ3n) is 2.87. The third-order valence-corrected chi connectivity index (χ3v) is 5.16. The molecule has 1 aromatic carbocycles. The lowest BCUT2D eigenvalue weighted by molar-refractivity contribution is 0.0767. The minimum Gasteiger partial charge on any atom is -0.359 e. The number of rotatable bonds is 6. The van der Waals surface area contributed by atoms with E-state index in [1.165, 1.54) is 0 Å². The summed E-state index contributed by atoms with van der Waals surface area (Å²) in [5, 5.41) is 4.46. The molecule has 4 nitrogen and oxygen atoms in total. The molecule has 1 heterocycles. The maximum atomic E-state index is 5.69. The number of aromatic nitrogens is 3. The van der Waals surface area contributed by atoms with Crippen molar-refractivity contribution in [2.45, 2.75) is 32.4 Å². The van der Waals surface area contributed by atoms with E-state index < -0.39 is 8.07 Å². The highest BCUT2D eigenvalue weighted by Gasteiger charge is 2.13. The molecular formula is C14H20BrN3OSi. The van der Waals surface area contributed by atoms with Gasteiger partial charge < -0.3 is 4.74 Å². The van der Waals surface area contributed by atoms with Gasteiger partial charge in [-0.05, 0) is 22.0 Å². The van der Waals surface area contributed by atoms with Crippen LogP contribution in [0.2, 0.25) is 25.7 Å². The molecule has 0 saturated carbocycles. The van der Waals surface area contributed by atoms with Gasteiger partial charge in [0.1, 0.15) is 6.73 Å². The van der Waals surface area contributed by atoms with E-state index in [1.54, 1.807) is 4.68 Å². The summed E-state index contributed by atoms with van der Waals surface area (Å²) in [6, 6.07) is 11.1. The molecule has 0 radical (unpaired) electrons. The van der Waals surface area contributed by atoms with Crippen LogP contribution in [-0.2, 0) is 11.5 Å². The number of hydrogen-bond acceptors (Lipinski definition) is 3. The van der Waals surface area contributed by atoms with Crippen molar-refractivity contribution in [2.75, 3.05) is 6.61 Å². The quantitative estimate of drug-likeness (QED) is 0.581. The van der Waals surface area contributed by atoms with Crippen molar-refractivity contribution in [3.8, 4) is 11.4 Å². The number of hydrogen-bond donors (Lipinski definition) is 0. The van der Waals surface area contributed by atoms with Crippen LogP contribution in [0, 0.1) is 0 Å². The molecule has 6 heteroatoms. The normalized spacial score (nSPS) is 11.8. The highest BCUT2D eigenvalue weighted by molar-refractivity contribution is 9.10. The summed E-state index contributed by atoms with van der Waals surface area (Å²) in [4.78, 5) is 4.41. The third kappa shape index (κ3) is 4.54. The van der Waals surface area contributed by atoms with E-state index >= 15 is 0 Å². The second kappa shape index (κ2) is 6.65. The second-order valence-corrected chi connectivity index (χ2v) is 12.2. The van der Waals surface area contributed by atoms with Gasteiger partial charge in [0.25, 0.3) is 0 Å². The first kappa shape index (κ1) is 15.4. The molecule has 108 valence electrons. The molecule has 20 heavy (non-hydrogen) atoms. The molecule has 1 aromatic heterocycles. The Kier molecular flexibility index (Phi) is 5.12. The Hall–Kier alpha value is -0.983. The highest BCUT2D eigenvalue weighted by Crippen LogP contribution is 2.18. The Morgan fingerprint density at radius 2 is 1.90 bits per heavy atom. The van der Waals surface area contributed by atoms with Gasteiger partial charge in [0.2, 0.25) is 0 Å². The van der Waals surface area contributed by atoms with E-state index in [4.69, 9.17) is 4.74 Å². The molecular weight excluding hydrogens is 334 g/mol. The lowest BCUT2D eigenvalue weighted by Gasteiger charge is -2.15. The summed E-state index contributed by atoms with van der Waals surface area (Å²) in [7, 11) is -1.04. The molecule has 0 N–H and O–H groups in total. The van der Waals surface area contributed by atoms with Crippen LogP contribution in [0.4, 0.5) is 0 Å². The average Bonchev–Trinajstić information content (AvgIpc) is 2.76. The summed E-state index contributed by atoms with van der Waals surface area (Å²) in [5.74, 6) is 0.714. The van der Waals surface area contributed by atoms with Gasteiger partial charge in [-0.3, -0.25) is 0 Å². The minimum absolute atomic E-state index is 0.435. The molecule has 0 saturated heterocycles. The van der Waals surface area contributed by atoms with Gasteiger partial charge in [0.15, 0.2) is 10.6 Å². The Bertz CT molecular complexity index is 551. The fourth-order valence-electron chi connectivity index (χ4n) is 1.64. The molecule has 0 amide bonds. The van der Waals surface area contributed by atoms with E-state index in [0.717, 1.165) is 18.2 Å². The molecule has 0 unspecified atom stereocenters. The van der Waals surface area contributed by atoms with Crippen molar-refractivity contribution < 1.29 is 4.74 Å². The van der Waals surface area contributed by atoms with E-state index in [1.807, 2.05) is 30.3 Å². The molecule has 2 rings (SSSR count). The van der Waals surface area contributed by atoms with E-state index in [9.17, 15) is 0 Å². The average molecular weight is 354 g/mol. The summed E-state index contributed by atoms with van der Waals surface area (Å²) < 4.78 is 8.13. The Morgan fingerprint density at radius 1 is 1.20 bits per heavy atom. The van der Waals surface area contributed by atoms with Crippen LogP contribution < -0.4 is 0 Å². The van der Waals surface area contributed by atoms with Gasteiger partial charge >= 0.3 is 0 Å². The van der Waals surface area contributed by atoms with Crippen molar-refractivity contribution in [2.24, 2.45) is 0 Å². The zero-order valence-electron chi connectivity index (χ0n) is 12.1. The van der Waals surface area contributed by atoms with E-state index in [-0.39, 0.29) is 0 Å². The first-order chi connectivity index (χ1) is 9.46. The summed E-state index contributed by atoms with van der Waals surface area (Å²) in [6.07, 6.45) is 0. The number of ether oxygens (including phenoxy) is 1. The SMILES string of the molecule is C[Si](C)(C)CCOCn1nc(-c2ccccc2)nc1Br. The fraction of sp³-hybridized carbons (Fsp3) is 0.429. The smallest absolute Gasteiger partial charge is 0.197 e. The van der Waals surface area contributed by atoms with Crippen LogP contribution in [0.1, 0.15) is 0 Å². The van der Waals surface area contributed by atoms with Crippen molar-refractivity contribution in [1.82, 2.24) is 14.8 Å². The Morgan fingerprint density at radius 3 is 2.55 bits per heavy atom. The van der Waals surface area contributed by atoms with Gasteiger partial charge in [-0.1, -0.05) is 50.0 Å². The number of halogens is 1. The molecule has 0 aliphatic carbocycles. The van der Waals surface area contributed by atoms with Crippen LogP contribution >= 0.6 is 15.9 Å². The zero-order chi connectivity index (χ0) is 14.6. The summed E-state index contributed by atoms with van der Waals surface area (Å²) in [6.45, 7) is 8.24. The first-order valence-corrected chi connectivity index (χ1v) is 11.2. The van der Waals surface area contributed by atoms with E-state index in [0.29, 0.717) is 17.3 Å². The van der Waals surface area contributed by atoms with Crippen LogP contribution in [0.15, 0.2) is 35.1 Å². The predicted octanol–water partition coefficient (Wildman–Crippen LogP) is 4.02. The van der Waals surface area contributed by atoms with Crippen LogP contribution in [0.5, 0.6) is 0 Å². The van der Waals surface area contributed by atoms with E-state index in [2.05, 4.69) is 45.7 Å². The zero-order valence-corrected chi connectivity index (χ0v) is 14.7. The maximum Gasteiger partial charge on any atom is 0.197 e. The first-order valence-electron chi connectivity index (χ1n) is 6.69. The molecule has 0 fully saturated rings. The maximum absolute atomic E-state index is 5.69. The van der Waals surface area contributed by atoms with Crippen LogP contribution in [-0.4, -0.2) is 29.4 Å². The van der Waals surface area contributed by atoms with Crippen molar-refractivity contribution in [3.63, 3.8) is 0 Å². The van der Waals surface area contributed by atoms with Crippen molar-refractivity contribution in [3.05, 3.63) is 35.1 Å². The predicted molar refractivity (Wildman–Crippen MR) is 87.3 cm³/mol. The highest BCUT2D eigenvalue weighted by atomic mass is 79.9. The monoisotopic (exact) mass is 353 g/mol. The van der Waals surface area contributed by atoms with Crippen molar-refractivity contribution in [1.29, 1.82) is 0 Å². The summed E-state index contributed by atoms with van der Waals surface area (Å²) in [5.41, 5.74) is 1.01. The lowest BCUT2D eigenvalue weighted by Crippen LogP contribution is -2.22. The Balaban J connectivity index is 1.95. The number of benzene rings is 1. The largest absolute Gasteiger partial charge is 0.359 e. The van der Waals surface area contributed by atoms with Crippen LogP contribution in [0.25, 0.3) is 11.4 Å². The fourth-order valence-corrected chi connectivity index (χ4v) is 2.75. The van der Waals surface area contributed by atoms with Gasteiger partial charge in [-0.2, -0.15) is 0 Å². The molecule has 0 aliphatic heterocycles. The molecule has 0 atom stereocenters. The summed E-state index contributed by atoms with van der Waals surface area (Å²) >= 11 is 3.42. The van der Waals surface area contributed by atoms with Gasteiger partial charge in [-0.25, -0.2) is 9.67 Å². The standard InChI is InChI=1S/C14H20BrN3OSi/c1-20(2,3)10-9-19-11-18-14(15)16-13(17-18)12-7-5-4-6-8-12/h4-8H,9-11H2,1-3H3. The van der Waals surface area contributed by atoms with Gasteiger partial charge in [0, 0.05) is 20.2 Å². The Labute approximate surface area is 129 Å². The van der Waals surface area contributed by atoms with Gasteiger partial charge in [-0.15, -0.1) is 5.10 Å². The topological polar surface area (TPSA) is 39.9 Å². The second-order valence-electron chi connectivity index (χ2n) is 5.92. The van der Waals surface area contributed by atoms with Crippen LogP contribution in [0.3, 0.4) is 0 Å². The van der Waals surface area contributed by atoms with Crippen molar-refractivity contribution >= 4 is 24.0 Å². The van der Waals surface area contributed by atoms with Gasteiger partial charge in [0.05, 0.1) is 0 Å². The molecule has 0 spiro atoms. The lowest BCUT2D eigenvalue weighted by atomic mass is 10.2. The molecule has 2 aromatic rings. The molecule has 0 bridgehead atoms. The molecule has 0 aliphatic rings. The minimum atomic E-state index is -1.04.